The Balaban J connectivity index is 2.30. The van der Waals surface area contributed by atoms with Crippen LogP contribution >= 0.6 is 0 Å². The van der Waals surface area contributed by atoms with Crippen molar-refractivity contribution in [2.75, 3.05) is 6.61 Å². The molecule has 0 spiro atoms. The Kier molecular flexibility index (Phi) is 3.70. The van der Waals surface area contributed by atoms with Crippen LogP contribution in [0.1, 0.15) is 5.69 Å². The van der Waals surface area contributed by atoms with Gasteiger partial charge in [-0.1, -0.05) is 0 Å². The molecule has 1 aromatic carbocycles. The highest BCUT2D eigenvalue weighted by Gasteiger charge is 2.07. The van der Waals surface area contributed by atoms with Gasteiger partial charge in [0.05, 0.1) is 0 Å². The van der Waals surface area contributed by atoms with Gasteiger partial charge in [0.15, 0.2) is 12.4 Å². The summed E-state index contributed by atoms with van der Waals surface area (Å²) in [4.78, 5) is 19.0. The van der Waals surface area contributed by atoms with E-state index in [9.17, 15) is 9.18 Å². The first-order chi connectivity index (χ1) is 9.04. The first-order valence-electron chi connectivity index (χ1n) is 5.57. The number of carbonyl (C=O) groups excluding carboxylic acids is 1. The number of amides is 1. The number of nitrogens with two attached hydrogens (primary N) is 1. The van der Waals surface area contributed by atoms with Gasteiger partial charge in [0.2, 0.25) is 5.88 Å². The van der Waals surface area contributed by atoms with Crippen LogP contribution in [0.2, 0.25) is 0 Å². The molecule has 0 saturated carbocycles. The molecule has 0 fully saturated rings. The summed E-state index contributed by atoms with van der Waals surface area (Å²) < 4.78 is 18.0. The number of primary amides is 1. The number of nitrogens with zero attached hydrogens (tertiary/aromatic N) is 2. The minimum atomic E-state index is -0.584. The monoisotopic (exact) mass is 261 g/mol. The van der Waals surface area contributed by atoms with Gasteiger partial charge in [-0.25, -0.2) is 9.37 Å². The Bertz CT molecular complexity index is 599. The molecule has 0 radical (unpaired) electrons. The lowest BCUT2D eigenvalue weighted by Crippen LogP contribution is -2.20. The molecular formula is C13H12FN3O2. The number of hydrogen-bond donors (Lipinski definition) is 1. The Morgan fingerprint density at radius 2 is 2.00 bits per heavy atom. The molecule has 1 heterocycles. The largest absolute Gasteiger partial charge is 0.467 e. The molecule has 19 heavy (non-hydrogen) atoms. The van der Waals surface area contributed by atoms with Crippen LogP contribution in [0.15, 0.2) is 30.3 Å². The molecule has 1 amide bonds. The maximum absolute atomic E-state index is 12.9. The zero-order chi connectivity index (χ0) is 13.8. The molecule has 0 unspecified atom stereocenters. The molecule has 2 rings (SSSR count). The zero-order valence-electron chi connectivity index (χ0n) is 10.3. The summed E-state index contributed by atoms with van der Waals surface area (Å²) in [7, 11) is 0. The first kappa shape index (κ1) is 12.9. The number of ether oxygens (including phenoxy) is 1. The average molecular weight is 261 g/mol. The topological polar surface area (TPSA) is 78.1 Å². The number of carbonyl (C=O) groups is 1. The minimum Gasteiger partial charge on any atom is -0.467 e. The molecule has 0 saturated heterocycles. The molecule has 2 aromatic rings. The lowest BCUT2D eigenvalue weighted by Gasteiger charge is -2.06. The lowest BCUT2D eigenvalue weighted by atomic mass is 10.2. The van der Waals surface area contributed by atoms with Crippen LogP contribution in [-0.4, -0.2) is 22.5 Å². The van der Waals surface area contributed by atoms with E-state index in [0.29, 0.717) is 17.1 Å². The molecule has 1 aromatic heterocycles. The van der Waals surface area contributed by atoms with Crippen LogP contribution in [0.25, 0.3) is 11.4 Å². The SMILES string of the molecule is Cc1cc(OCC(N)=O)nc(-c2ccc(F)cc2)n1. The summed E-state index contributed by atoms with van der Waals surface area (Å²) in [5.74, 6) is -0.258. The van der Waals surface area contributed by atoms with Gasteiger partial charge in [-0.15, -0.1) is 0 Å². The van der Waals surface area contributed by atoms with Gasteiger partial charge < -0.3 is 10.5 Å². The van der Waals surface area contributed by atoms with Crippen LogP contribution in [0.5, 0.6) is 5.88 Å². The summed E-state index contributed by atoms with van der Waals surface area (Å²) in [6, 6.07) is 7.38. The molecule has 6 heteroatoms. The first-order valence-corrected chi connectivity index (χ1v) is 5.57. The van der Waals surface area contributed by atoms with E-state index in [1.807, 2.05) is 0 Å². The van der Waals surface area contributed by atoms with Crippen LogP contribution in [-0.2, 0) is 4.79 Å². The van der Waals surface area contributed by atoms with Crippen molar-refractivity contribution >= 4 is 5.91 Å². The van der Waals surface area contributed by atoms with Gasteiger partial charge in [0.25, 0.3) is 5.91 Å². The predicted molar refractivity (Wildman–Crippen MR) is 66.9 cm³/mol. The van der Waals surface area contributed by atoms with Crippen LogP contribution in [0.4, 0.5) is 4.39 Å². The second-order valence-corrected chi connectivity index (χ2v) is 3.93. The van der Waals surface area contributed by atoms with E-state index in [4.69, 9.17) is 10.5 Å². The van der Waals surface area contributed by atoms with Crippen molar-refractivity contribution in [2.24, 2.45) is 5.73 Å². The smallest absolute Gasteiger partial charge is 0.255 e. The third-order valence-corrected chi connectivity index (χ3v) is 2.30. The number of rotatable bonds is 4. The van der Waals surface area contributed by atoms with Crippen LogP contribution in [0.3, 0.4) is 0 Å². The lowest BCUT2D eigenvalue weighted by molar-refractivity contribution is -0.120. The molecule has 98 valence electrons. The minimum absolute atomic E-state index is 0.251. The summed E-state index contributed by atoms with van der Waals surface area (Å²) in [5, 5.41) is 0. The fourth-order valence-corrected chi connectivity index (χ4v) is 1.49. The van der Waals surface area contributed by atoms with Gasteiger partial charge in [0, 0.05) is 17.3 Å². The van der Waals surface area contributed by atoms with Crippen molar-refractivity contribution in [3.8, 4) is 17.3 Å². The third-order valence-electron chi connectivity index (χ3n) is 2.30. The van der Waals surface area contributed by atoms with Gasteiger partial charge >= 0.3 is 0 Å². The van der Waals surface area contributed by atoms with Crippen molar-refractivity contribution in [3.05, 3.63) is 41.8 Å². The normalized spacial score (nSPS) is 10.2. The van der Waals surface area contributed by atoms with E-state index in [1.54, 1.807) is 25.1 Å². The Morgan fingerprint density at radius 1 is 1.32 bits per heavy atom. The fourth-order valence-electron chi connectivity index (χ4n) is 1.49. The summed E-state index contributed by atoms with van der Waals surface area (Å²) in [5.41, 5.74) is 6.33. The van der Waals surface area contributed by atoms with E-state index in [0.717, 1.165) is 0 Å². The molecule has 0 aliphatic rings. The number of aromatic nitrogens is 2. The fraction of sp³-hybridized carbons (Fsp3) is 0.154. The van der Waals surface area contributed by atoms with E-state index in [1.165, 1.54) is 12.1 Å². The van der Waals surface area contributed by atoms with Crippen LogP contribution < -0.4 is 10.5 Å². The van der Waals surface area contributed by atoms with Crippen molar-refractivity contribution < 1.29 is 13.9 Å². The quantitative estimate of drug-likeness (QED) is 0.903. The second kappa shape index (κ2) is 5.43. The van der Waals surface area contributed by atoms with Crippen molar-refractivity contribution in [1.82, 2.24) is 9.97 Å². The van der Waals surface area contributed by atoms with E-state index >= 15 is 0 Å². The Hall–Kier alpha value is -2.50. The van der Waals surface area contributed by atoms with Crippen LogP contribution in [0, 0.1) is 12.7 Å². The standard InChI is InChI=1S/C13H12FN3O2/c1-8-6-12(19-7-11(15)18)17-13(16-8)9-2-4-10(14)5-3-9/h2-6H,7H2,1H3,(H2,15,18). The molecule has 0 bridgehead atoms. The summed E-state index contributed by atoms with van der Waals surface area (Å²) in [6.07, 6.45) is 0. The molecule has 0 atom stereocenters. The van der Waals surface area contributed by atoms with E-state index in [-0.39, 0.29) is 18.3 Å². The second-order valence-electron chi connectivity index (χ2n) is 3.93. The number of halogens is 1. The van der Waals surface area contributed by atoms with E-state index in [2.05, 4.69) is 9.97 Å². The predicted octanol–water partition coefficient (Wildman–Crippen LogP) is 1.46. The highest BCUT2D eigenvalue weighted by Crippen LogP contribution is 2.19. The number of benzene rings is 1. The van der Waals surface area contributed by atoms with Crippen molar-refractivity contribution in [1.29, 1.82) is 0 Å². The maximum Gasteiger partial charge on any atom is 0.255 e. The highest BCUT2D eigenvalue weighted by atomic mass is 19.1. The Morgan fingerprint density at radius 3 is 2.63 bits per heavy atom. The maximum atomic E-state index is 12.9. The van der Waals surface area contributed by atoms with Crippen molar-refractivity contribution in [3.63, 3.8) is 0 Å². The third kappa shape index (κ3) is 3.48. The Labute approximate surface area is 109 Å². The van der Waals surface area contributed by atoms with Gasteiger partial charge in [-0.2, -0.15) is 4.98 Å². The zero-order valence-corrected chi connectivity index (χ0v) is 10.3. The number of hydrogen-bond acceptors (Lipinski definition) is 4. The molecule has 2 N–H and O–H groups in total. The highest BCUT2D eigenvalue weighted by molar-refractivity contribution is 5.75. The number of aryl methyl sites for hydroxylation is 1. The van der Waals surface area contributed by atoms with Gasteiger partial charge in [-0.05, 0) is 31.2 Å². The molecule has 0 aliphatic carbocycles. The molecule has 0 aliphatic heterocycles. The molecule has 5 nitrogen and oxygen atoms in total. The van der Waals surface area contributed by atoms with E-state index < -0.39 is 5.91 Å². The summed E-state index contributed by atoms with van der Waals surface area (Å²) >= 11 is 0. The average Bonchev–Trinajstić information content (AvgIpc) is 2.36. The van der Waals surface area contributed by atoms with Gasteiger partial charge in [-0.3, -0.25) is 4.79 Å². The molecular weight excluding hydrogens is 249 g/mol. The van der Waals surface area contributed by atoms with Gasteiger partial charge in [0.1, 0.15) is 5.82 Å². The summed E-state index contributed by atoms with van der Waals surface area (Å²) in [6.45, 7) is 1.52. The van der Waals surface area contributed by atoms with Crippen molar-refractivity contribution in [2.45, 2.75) is 6.92 Å².